The first-order chi connectivity index (χ1) is 18.4. The minimum atomic E-state index is -0.304. The molecule has 2 aromatic heterocycles. The zero-order chi connectivity index (χ0) is 26.6. The molecule has 0 radical (unpaired) electrons. The molecule has 8 heteroatoms. The van der Waals surface area contributed by atoms with Crippen molar-refractivity contribution in [1.82, 2.24) is 9.88 Å². The Labute approximate surface area is 221 Å². The maximum Gasteiger partial charge on any atom is 0.218 e. The van der Waals surface area contributed by atoms with Crippen LogP contribution in [0.2, 0.25) is 0 Å². The molecule has 0 bridgehead atoms. The molecule has 1 unspecified atom stereocenters. The van der Waals surface area contributed by atoms with Crippen LogP contribution in [-0.4, -0.2) is 43.0 Å². The van der Waals surface area contributed by atoms with Gasteiger partial charge in [-0.3, -0.25) is 14.6 Å². The van der Waals surface area contributed by atoms with Gasteiger partial charge in [-0.2, -0.15) is 0 Å². The average molecular weight is 516 g/mol. The van der Waals surface area contributed by atoms with Crippen LogP contribution in [-0.2, 0) is 4.79 Å². The normalized spacial score (nSPS) is 14.8. The number of rotatable bonds is 10. The smallest absolute Gasteiger partial charge is 0.218 e. The number of aromatic nitrogens is 1. The summed E-state index contributed by atoms with van der Waals surface area (Å²) in [6, 6.07) is 14.2. The monoisotopic (exact) mass is 515 g/mol. The number of amides is 1. The molecule has 0 spiro atoms. The van der Waals surface area contributed by atoms with Crippen molar-refractivity contribution in [3.8, 4) is 17.2 Å². The summed E-state index contributed by atoms with van der Waals surface area (Å²) < 4.78 is 17.9. The first-order valence-corrected chi connectivity index (χ1v) is 13.1. The van der Waals surface area contributed by atoms with Crippen molar-refractivity contribution in [2.45, 2.75) is 38.0 Å². The van der Waals surface area contributed by atoms with Gasteiger partial charge in [0, 0.05) is 36.7 Å². The molecular formula is C30H33N3O5. The number of carbonyl (C=O) groups excluding carboxylic acids is 1. The fraction of sp³-hybridized carbons (Fsp3) is 0.367. The number of primary amides is 1. The van der Waals surface area contributed by atoms with Gasteiger partial charge in [0.2, 0.25) is 11.3 Å². The van der Waals surface area contributed by atoms with E-state index in [2.05, 4.69) is 4.98 Å². The maximum absolute atomic E-state index is 13.1. The van der Waals surface area contributed by atoms with Gasteiger partial charge in [-0.25, -0.2) is 0 Å². The molecule has 38 heavy (non-hydrogen) atoms. The number of benzene rings is 2. The topological polar surface area (TPSA) is 108 Å². The summed E-state index contributed by atoms with van der Waals surface area (Å²) >= 11 is 0. The Hall–Kier alpha value is -3.91. The number of nitrogens with two attached hydrogens (primary N) is 1. The molecule has 4 aromatic rings. The predicted octanol–water partition coefficient (Wildman–Crippen LogP) is 5.22. The molecule has 2 N–H and O–H groups in total. The zero-order valence-corrected chi connectivity index (χ0v) is 21.8. The molecule has 198 valence electrons. The Bertz CT molecular complexity index is 1490. The molecule has 2 heterocycles. The van der Waals surface area contributed by atoms with Crippen LogP contribution >= 0.6 is 0 Å². The van der Waals surface area contributed by atoms with Crippen LogP contribution < -0.4 is 20.6 Å². The third-order valence-electron chi connectivity index (χ3n) is 7.19. The molecule has 0 saturated heterocycles. The van der Waals surface area contributed by atoms with Gasteiger partial charge in [-0.05, 0) is 69.3 Å². The van der Waals surface area contributed by atoms with Crippen molar-refractivity contribution in [2.24, 2.45) is 11.7 Å². The van der Waals surface area contributed by atoms with Gasteiger partial charge in [0.25, 0.3) is 0 Å². The lowest BCUT2D eigenvalue weighted by Crippen LogP contribution is -2.20. The quantitative estimate of drug-likeness (QED) is 0.288. The van der Waals surface area contributed by atoms with E-state index in [0.29, 0.717) is 58.1 Å². The highest BCUT2D eigenvalue weighted by Gasteiger charge is 2.28. The van der Waals surface area contributed by atoms with Crippen molar-refractivity contribution >= 4 is 27.8 Å². The standard InChI is InChI=1S/C30H33N3O5/c1-33(2)13-14-36-20-7-10-23-27(15-20)38-28-16-21(8-11-24(28)30(23)35)37-22-9-12-26(32-18-22)25(17-29(31)34)19-5-3-4-6-19/h7-12,15-16,18-19,25H,3-6,13-14,17H2,1-2H3,(H2,31,34). The van der Waals surface area contributed by atoms with E-state index >= 15 is 0 Å². The summed E-state index contributed by atoms with van der Waals surface area (Å²) in [6.07, 6.45) is 6.52. The van der Waals surface area contributed by atoms with E-state index in [4.69, 9.17) is 19.6 Å². The first-order valence-electron chi connectivity index (χ1n) is 13.1. The van der Waals surface area contributed by atoms with Crippen molar-refractivity contribution in [3.05, 3.63) is 70.6 Å². The molecule has 5 rings (SSSR count). The summed E-state index contributed by atoms with van der Waals surface area (Å²) in [5.41, 5.74) is 7.18. The van der Waals surface area contributed by atoms with Gasteiger partial charge in [-0.15, -0.1) is 0 Å². The first kappa shape index (κ1) is 25.7. The summed E-state index contributed by atoms with van der Waals surface area (Å²) in [6.45, 7) is 1.31. The highest BCUT2D eigenvalue weighted by Crippen LogP contribution is 2.39. The van der Waals surface area contributed by atoms with E-state index in [0.717, 1.165) is 25.1 Å². The molecule has 1 aliphatic rings. The number of ether oxygens (including phenoxy) is 2. The number of carbonyl (C=O) groups is 1. The maximum atomic E-state index is 13.1. The lowest BCUT2D eigenvalue weighted by Gasteiger charge is -2.21. The van der Waals surface area contributed by atoms with Crippen LogP contribution in [0.15, 0.2) is 63.9 Å². The van der Waals surface area contributed by atoms with E-state index in [9.17, 15) is 9.59 Å². The molecule has 1 amide bonds. The average Bonchev–Trinajstić information content (AvgIpc) is 3.42. The van der Waals surface area contributed by atoms with Gasteiger partial charge in [0.15, 0.2) is 0 Å². The van der Waals surface area contributed by atoms with Crippen molar-refractivity contribution in [1.29, 1.82) is 0 Å². The third kappa shape index (κ3) is 5.81. The van der Waals surface area contributed by atoms with Crippen molar-refractivity contribution in [3.63, 3.8) is 0 Å². The van der Waals surface area contributed by atoms with Crippen LogP contribution in [0.5, 0.6) is 17.2 Å². The van der Waals surface area contributed by atoms with Gasteiger partial charge >= 0.3 is 0 Å². The summed E-state index contributed by atoms with van der Waals surface area (Å²) in [5, 5.41) is 0.976. The number of fused-ring (bicyclic) bond motifs is 2. The highest BCUT2D eigenvalue weighted by molar-refractivity contribution is 5.90. The second-order valence-corrected chi connectivity index (χ2v) is 10.2. The molecule has 0 aliphatic heterocycles. The van der Waals surface area contributed by atoms with E-state index in [1.54, 1.807) is 42.6 Å². The van der Waals surface area contributed by atoms with Crippen LogP contribution in [0.1, 0.15) is 43.7 Å². The van der Waals surface area contributed by atoms with E-state index in [1.807, 2.05) is 31.1 Å². The third-order valence-corrected chi connectivity index (χ3v) is 7.19. The van der Waals surface area contributed by atoms with Gasteiger partial charge < -0.3 is 24.5 Å². The fourth-order valence-electron chi connectivity index (χ4n) is 5.21. The Morgan fingerprint density at radius 2 is 1.68 bits per heavy atom. The highest BCUT2D eigenvalue weighted by atomic mass is 16.5. The number of nitrogens with zero attached hydrogens (tertiary/aromatic N) is 2. The molecule has 8 nitrogen and oxygen atoms in total. The molecular weight excluding hydrogens is 482 g/mol. The Morgan fingerprint density at radius 3 is 2.32 bits per heavy atom. The number of hydrogen-bond donors (Lipinski definition) is 1. The molecule has 1 atom stereocenters. The molecule has 1 aliphatic carbocycles. The van der Waals surface area contributed by atoms with Crippen molar-refractivity contribution in [2.75, 3.05) is 27.2 Å². The SMILES string of the molecule is CN(C)CCOc1ccc2c(=O)c3ccc(Oc4ccc(C(CC(N)=O)C5CCCC5)nc4)cc3oc2c1. The summed E-state index contributed by atoms with van der Waals surface area (Å²) in [7, 11) is 3.96. The minimum absolute atomic E-state index is 0.0315. The molecule has 1 saturated carbocycles. The zero-order valence-electron chi connectivity index (χ0n) is 21.8. The summed E-state index contributed by atoms with van der Waals surface area (Å²) in [4.78, 5) is 31.4. The van der Waals surface area contributed by atoms with E-state index in [1.165, 1.54) is 12.8 Å². The summed E-state index contributed by atoms with van der Waals surface area (Å²) in [5.74, 6) is 1.88. The molecule has 1 fully saturated rings. The van der Waals surface area contributed by atoms with Crippen LogP contribution in [0.3, 0.4) is 0 Å². The Kier molecular flexibility index (Phi) is 7.60. The predicted molar refractivity (Wildman–Crippen MR) is 147 cm³/mol. The Morgan fingerprint density at radius 1 is 1.03 bits per heavy atom. The lowest BCUT2D eigenvalue weighted by atomic mass is 9.85. The van der Waals surface area contributed by atoms with Crippen LogP contribution in [0.4, 0.5) is 0 Å². The second kappa shape index (κ2) is 11.2. The number of hydrogen-bond acceptors (Lipinski definition) is 7. The largest absolute Gasteiger partial charge is 0.492 e. The van der Waals surface area contributed by atoms with Gasteiger partial charge in [-0.1, -0.05) is 12.8 Å². The van der Waals surface area contributed by atoms with Gasteiger partial charge in [0.1, 0.15) is 35.0 Å². The van der Waals surface area contributed by atoms with Crippen LogP contribution in [0.25, 0.3) is 21.9 Å². The lowest BCUT2D eigenvalue weighted by molar-refractivity contribution is -0.118. The minimum Gasteiger partial charge on any atom is -0.492 e. The fourth-order valence-corrected chi connectivity index (χ4v) is 5.21. The van der Waals surface area contributed by atoms with Crippen molar-refractivity contribution < 1.29 is 18.7 Å². The molecule has 2 aromatic carbocycles. The van der Waals surface area contributed by atoms with Crippen LogP contribution in [0, 0.1) is 5.92 Å². The Balaban J connectivity index is 1.37. The van der Waals surface area contributed by atoms with E-state index in [-0.39, 0.29) is 17.3 Å². The van der Waals surface area contributed by atoms with Gasteiger partial charge in [0.05, 0.1) is 17.0 Å². The second-order valence-electron chi connectivity index (χ2n) is 10.2. The number of likely N-dealkylation sites (N-methyl/N-ethyl adjacent to an activating group) is 1. The van der Waals surface area contributed by atoms with E-state index < -0.39 is 0 Å². The number of pyridine rings is 1.